The van der Waals surface area contributed by atoms with Gasteiger partial charge in [-0.05, 0) is 61.4 Å². The predicted molar refractivity (Wildman–Crippen MR) is 133 cm³/mol. The quantitative estimate of drug-likeness (QED) is 0.322. The van der Waals surface area contributed by atoms with Gasteiger partial charge in [0.2, 0.25) is 0 Å². The molecule has 0 saturated heterocycles. The Balaban J connectivity index is 1.48. The summed E-state index contributed by atoms with van der Waals surface area (Å²) >= 11 is 0.914. The van der Waals surface area contributed by atoms with Crippen molar-refractivity contribution in [2.45, 2.75) is 33.5 Å². The van der Waals surface area contributed by atoms with Crippen molar-refractivity contribution < 1.29 is 28.3 Å². The average molecular weight is 493 g/mol. The van der Waals surface area contributed by atoms with Gasteiger partial charge in [-0.25, -0.2) is 4.79 Å². The standard InChI is InChI=1S/C26H24N2O6S/c1-14(2)33-26(31)21-15(3)22(23(27)29)35-25(21)28-24(30)20-11-10-19(34-20)13-32-18-9-8-16-6-4-5-7-17(16)12-18/h4-12,14H,13H2,1-3H3,(H2,27,29)(H,28,30). The van der Waals surface area contributed by atoms with E-state index < -0.39 is 17.8 Å². The van der Waals surface area contributed by atoms with Crippen molar-refractivity contribution in [2.24, 2.45) is 5.73 Å². The van der Waals surface area contributed by atoms with Crippen LogP contribution in [-0.4, -0.2) is 23.9 Å². The zero-order valence-electron chi connectivity index (χ0n) is 19.4. The lowest BCUT2D eigenvalue weighted by atomic mass is 10.1. The van der Waals surface area contributed by atoms with Gasteiger partial charge in [0.25, 0.3) is 11.8 Å². The molecule has 0 aliphatic carbocycles. The van der Waals surface area contributed by atoms with Crippen LogP contribution < -0.4 is 15.8 Å². The fourth-order valence-electron chi connectivity index (χ4n) is 3.51. The number of benzene rings is 2. The Bertz CT molecular complexity index is 1420. The highest BCUT2D eigenvalue weighted by atomic mass is 32.1. The van der Waals surface area contributed by atoms with Gasteiger partial charge < -0.3 is 24.9 Å². The Morgan fingerprint density at radius 3 is 2.51 bits per heavy atom. The Morgan fingerprint density at radius 2 is 1.80 bits per heavy atom. The number of nitrogens with one attached hydrogen (secondary N) is 1. The number of fused-ring (bicyclic) bond motifs is 1. The van der Waals surface area contributed by atoms with E-state index in [1.54, 1.807) is 26.8 Å². The largest absolute Gasteiger partial charge is 0.486 e. The van der Waals surface area contributed by atoms with Crippen molar-refractivity contribution in [3.8, 4) is 5.75 Å². The van der Waals surface area contributed by atoms with E-state index in [2.05, 4.69) is 5.32 Å². The summed E-state index contributed by atoms with van der Waals surface area (Å²) in [6.07, 6.45) is -0.377. The first-order chi connectivity index (χ1) is 16.7. The van der Waals surface area contributed by atoms with E-state index in [1.165, 1.54) is 6.07 Å². The van der Waals surface area contributed by atoms with Crippen LogP contribution in [0.3, 0.4) is 0 Å². The van der Waals surface area contributed by atoms with E-state index in [0.29, 0.717) is 17.1 Å². The highest BCUT2D eigenvalue weighted by Gasteiger charge is 2.27. The zero-order chi connectivity index (χ0) is 25.1. The van der Waals surface area contributed by atoms with Gasteiger partial charge in [0.1, 0.15) is 23.1 Å². The molecule has 0 spiro atoms. The number of carbonyl (C=O) groups is 3. The molecule has 4 rings (SSSR count). The topological polar surface area (TPSA) is 121 Å². The van der Waals surface area contributed by atoms with E-state index in [9.17, 15) is 14.4 Å². The monoisotopic (exact) mass is 492 g/mol. The summed E-state index contributed by atoms with van der Waals surface area (Å²) in [5, 5.41) is 4.97. The number of ether oxygens (including phenoxy) is 2. The molecule has 0 unspecified atom stereocenters. The maximum atomic E-state index is 12.8. The molecule has 35 heavy (non-hydrogen) atoms. The molecule has 2 amide bonds. The van der Waals surface area contributed by atoms with Crippen LogP contribution in [0.2, 0.25) is 0 Å². The summed E-state index contributed by atoms with van der Waals surface area (Å²) in [4.78, 5) is 37.4. The summed E-state index contributed by atoms with van der Waals surface area (Å²) in [7, 11) is 0. The maximum absolute atomic E-state index is 12.8. The molecule has 4 aromatic rings. The van der Waals surface area contributed by atoms with Gasteiger partial charge in [0.05, 0.1) is 16.5 Å². The number of carbonyl (C=O) groups excluding carboxylic acids is 3. The molecule has 9 heteroatoms. The number of rotatable bonds is 8. The summed E-state index contributed by atoms with van der Waals surface area (Å²) in [6, 6.07) is 16.9. The molecule has 0 fully saturated rings. The minimum Gasteiger partial charge on any atom is -0.486 e. The highest BCUT2D eigenvalue weighted by Crippen LogP contribution is 2.34. The van der Waals surface area contributed by atoms with Crippen LogP contribution in [0, 0.1) is 6.92 Å². The first kappa shape index (κ1) is 24.0. The molecule has 0 atom stereocenters. The van der Waals surface area contributed by atoms with Gasteiger partial charge in [-0.2, -0.15) is 0 Å². The Hall–Kier alpha value is -4.11. The smallest absolute Gasteiger partial charge is 0.341 e. The number of nitrogens with two attached hydrogens (primary N) is 1. The second-order valence-electron chi connectivity index (χ2n) is 8.10. The number of thiophene rings is 1. The van der Waals surface area contributed by atoms with Crippen LogP contribution in [0.25, 0.3) is 10.8 Å². The molecule has 0 radical (unpaired) electrons. The van der Waals surface area contributed by atoms with Crippen molar-refractivity contribution in [1.82, 2.24) is 0 Å². The second-order valence-corrected chi connectivity index (χ2v) is 9.12. The summed E-state index contributed by atoms with van der Waals surface area (Å²) in [5.74, 6) is -0.789. The number of furan rings is 1. The highest BCUT2D eigenvalue weighted by molar-refractivity contribution is 7.18. The number of anilines is 1. The molecule has 2 aromatic carbocycles. The van der Waals surface area contributed by atoms with Crippen molar-refractivity contribution >= 4 is 44.9 Å². The van der Waals surface area contributed by atoms with Crippen LogP contribution in [0.15, 0.2) is 59.0 Å². The summed E-state index contributed by atoms with van der Waals surface area (Å²) in [6.45, 7) is 5.12. The number of hydrogen-bond donors (Lipinski definition) is 2. The zero-order valence-corrected chi connectivity index (χ0v) is 20.2. The van der Waals surface area contributed by atoms with Crippen molar-refractivity contribution in [2.75, 3.05) is 5.32 Å². The normalized spacial score (nSPS) is 11.0. The van der Waals surface area contributed by atoms with Gasteiger partial charge in [-0.1, -0.05) is 30.3 Å². The van der Waals surface area contributed by atoms with Gasteiger partial charge in [0.15, 0.2) is 5.76 Å². The number of esters is 1. The minimum atomic E-state index is -0.697. The first-order valence-corrected chi connectivity index (χ1v) is 11.7. The second kappa shape index (κ2) is 10.0. The molecular formula is C26H24N2O6S. The lowest BCUT2D eigenvalue weighted by molar-refractivity contribution is 0.0379. The lowest BCUT2D eigenvalue weighted by Crippen LogP contribution is -2.17. The molecule has 8 nitrogen and oxygen atoms in total. The summed E-state index contributed by atoms with van der Waals surface area (Å²) in [5.41, 5.74) is 5.88. The Labute approximate surface area is 205 Å². The molecule has 0 bridgehead atoms. The van der Waals surface area contributed by atoms with Crippen molar-refractivity contribution in [1.29, 1.82) is 0 Å². The number of primary amides is 1. The minimum absolute atomic E-state index is 0.0250. The van der Waals surface area contributed by atoms with E-state index in [-0.39, 0.29) is 33.9 Å². The molecule has 2 heterocycles. The predicted octanol–water partition coefficient (Wildman–Crippen LogP) is 5.30. The molecule has 0 aliphatic heterocycles. The molecule has 180 valence electrons. The molecule has 0 aliphatic rings. The first-order valence-electron chi connectivity index (χ1n) is 10.9. The lowest BCUT2D eigenvalue weighted by Gasteiger charge is -2.10. The number of hydrogen-bond acceptors (Lipinski definition) is 7. The number of amides is 2. The van der Waals surface area contributed by atoms with E-state index in [0.717, 1.165) is 22.1 Å². The van der Waals surface area contributed by atoms with E-state index in [1.807, 2.05) is 42.5 Å². The van der Waals surface area contributed by atoms with Gasteiger partial charge in [-0.15, -0.1) is 11.3 Å². The van der Waals surface area contributed by atoms with Gasteiger partial charge in [-0.3, -0.25) is 9.59 Å². The molecular weight excluding hydrogens is 468 g/mol. The summed E-state index contributed by atoms with van der Waals surface area (Å²) < 4.78 is 16.7. The third-order valence-electron chi connectivity index (χ3n) is 5.13. The average Bonchev–Trinajstić information content (AvgIpc) is 3.41. The van der Waals surface area contributed by atoms with Crippen LogP contribution >= 0.6 is 11.3 Å². The molecule has 3 N–H and O–H groups in total. The third kappa shape index (κ3) is 5.36. The SMILES string of the molecule is Cc1c(C(N)=O)sc(NC(=O)c2ccc(COc3ccc4ccccc4c3)o2)c1C(=O)OC(C)C. The Morgan fingerprint density at radius 1 is 1.06 bits per heavy atom. The van der Waals surface area contributed by atoms with E-state index in [4.69, 9.17) is 19.6 Å². The van der Waals surface area contributed by atoms with Crippen molar-refractivity contribution in [3.05, 3.63) is 82.1 Å². The van der Waals surface area contributed by atoms with Crippen LogP contribution in [-0.2, 0) is 11.3 Å². The van der Waals surface area contributed by atoms with Crippen LogP contribution in [0.5, 0.6) is 5.75 Å². The third-order valence-corrected chi connectivity index (χ3v) is 6.35. The van der Waals surface area contributed by atoms with Crippen LogP contribution in [0.4, 0.5) is 5.00 Å². The van der Waals surface area contributed by atoms with Crippen molar-refractivity contribution in [3.63, 3.8) is 0 Å². The maximum Gasteiger partial charge on any atom is 0.341 e. The van der Waals surface area contributed by atoms with Gasteiger partial charge in [0, 0.05) is 0 Å². The van der Waals surface area contributed by atoms with Gasteiger partial charge >= 0.3 is 5.97 Å². The fraction of sp³-hybridized carbons (Fsp3) is 0.192. The molecule has 0 saturated carbocycles. The molecule has 2 aromatic heterocycles. The fourth-order valence-corrected chi connectivity index (χ4v) is 4.55. The van der Waals surface area contributed by atoms with Crippen LogP contribution in [0.1, 0.15) is 55.8 Å². The Kier molecular flexibility index (Phi) is 6.88. The van der Waals surface area contributed by atoms with E-state index >= 15 is 0 Å².